The molecule has 15 heavy (non-hydrogen) atoms. The summed E-state index contributed by atoms with van der Waals surface area (Å²) in [4.78, 5) is 0. The zero-order valence-electron chi connectivity index (χ0n) is 9.71. The van der Waals surface area contributed by atoms with Gasteiger partial charge in [-0.25, -0.2) is 0 Å². The molecule has 0 fully saturated rings. The molecule has 2 heteroatoms. The molecular formula is C13H18OSi. The Morgan fingerprint density at radius 3 is 2.07 bits per heavy atom. The highest BCUT2D eigenvalue weighted by atomic mass is 28.4. The van der Waals surface area contributed by atoms with Crippen LogP contribution in [0.3, 0.4) is 0 Å². The Balaban J connectivity index is 2.10. The molecule has 1 aliphatic carbocycles. The van der Waals surface area contributed by atoms with E-state index in [4.69, 9.17) is 4.43 Å². The van der Waals surface area contributed by atoms with Crippen molar-refractivity contribution in [2.45, 2.75) is 32.5 Å². The lowest BCUT2D eigenvalue weighted by molar-refractivity contribution is 0.557. The van der Waals surface area contributed by atoms with Crippen molar-refractivity contribution in [3.8, 4) is 5.75 Å². The molecule has 0 saturated carbocycles. The van der Waals surface area contributed by atoms with Crippen LogP contribution in [0.2, 0.25) is 19.6 Å². The summed E-state index contributed by atoms with van der Waals surface area (Å²) in [6.07, 6.45) is 4.77. The minimum Gasteiger partial charge on any atom is -0.544 e. The molecule has 1 aromatic rings. The fraction of sp³-hybridized carbons (Fsp3) is 0.385. The quantitative estimate of drug-likeness (QED) is 0.695. The summed E-state index contributed by atoms with van der Waals surface area (Å²) in [5.41, 5.74) is 2.83. The van der Waals surface area contributed by atoms with Crippen molar-refractivity contribution in [2.75, 3.05) is 0 Å². The van der Waals surface area contributed by atoms with E-state index >= 15 is 0 Å². The number of allylic oxidation sites excluding steroid dienone is 2. The maximum absolute atomic E-state index is 5.91. The van der Waals surface area contributed by atoms with Crippen molar-refractivity contribution < 1.29 is 4.43 Å². The van der Waals surface area contributed by atoms with Crippen molar-refractivity contribution in [1.29, 1.82) is 0 Å². The van der Waals surface area contributed by atoms with Crippen molar-refractivity contribution >= 4 is 13.9 Å². The molecule has 1 aliphatic rings. The second-order valence-corrected chi connectivity index (χ2v) is 9.44. The molecule has 0 aromatic heterocycles. The van der Waals surface area contributed by atoms with Crippen LogP contribution in [0.4, 0.5) is 0 Å². The van der Waals surface area contributed by atoms with Crippen molar-refractivity contribution in [3.05, 3.63) is 35.9 Å². The van der Waals surface area contributed by atoms with Crippen molar-refractivity contribution in [2.24, 2.45) is 0 Å². The number of hydrogen-bond acceptors (Lipinski definition) is 1. The van der Waals surface area contributed by atoms with Gasteiger partial charge in [-0.1, -0.05) is 18.2 Å². The maximum atomic E-state index is 5.91. The van der Waals surface area contributed by atoms with Crippen LogP contribution in [0.5, 0.6) is 5.75 Å². The average molecular weight is 218 g/mol. The first kappa shape index (κ1) is 10.5. The van der Waals surface area contributed by atoms with Crippen molar-refractivity contribution in [3.63, 3.8) is 0 Å². The van der Waals surface area contributed by atoms with E-state index in [0.717, 1.165) is 5.75 Å². The van der Waals surface area contributed by atoms with Crippen molar-refractivity contribution in [1.82, 2.24) is 0 Å². The summed E-state index contributed by atoms with van der Waals surface area (Å²) >= 11 is 0. The molecule has 1 aromatic carbocycles. The molecule has 0 bridgehead atoms. The van der Waals surface area contributed by atoms with E-state index in [1.807, 2.05) is 0 Å². The summed E-state index contributed by atoms with van der Waals surface area (Å²) in [6, 6.07) is 8.51. The lowest BCUT2D eigenvalue weighted by Crippen LogP contribution is -2.29. The first-order valence-corrected chi connectivity index (χ1v) is 8.94. The topological polar surface area (TPSA) is 9.23 Å². The van der Waals surface area contributed by atoms with Crippen LogP contribution in [0.1, 0.15) is 18.4 Å². The van der Waals surface area contributed by atoms with E-state index in [1.165, 1.54) is 24.0 Å². The van der Waals surface area contributed by atoms with Gasteiger partial charge in [0.1, 0.15) is 5.75 Å². The number of rotatable bonds is 3. The van der Waals surface area contributed by atoms with E-state index in [-0.39, 0.29) is 0 Å². The van der Waals surface area contributed by atoms with Crippen LogP contribution in [0, 0.1) is 0 Å². The smallest absolute Gasteiger partial charge is 0.242 e. The van der Waals surface area contributed by atoms with Gasteiger partial charge in [0.2, 0.25) is 8.32 Å². The molecule has 2 rings (SSSR count). The third-order valence-corrected chi connectivity index (χ3v) is 3.30. The molecule has 0 radical (unpaired) electrons. The van der Waals surface area contributed by atoms with Gasteiger partial charge < -0.3 is 4.43 Å². The molecule has 1 nitrogen and oxygen atoms in total. The van der Waals surface area contributed by atoms with E-state index in [1.54, 1.807) is 0 Å². The zero-order valence-corrected chi connectivity index (χ0v) is 10.7. The Kier molecular flexibility index (Phi) is 2.70. The summed E-state index contributed by atoms with van der Waals surface area (Å²) in [5, 5.41) is 0. The van der Waals surface area contributed by atoms with Gasteiger partial charge in [0.15, 0.2) is 0 Å². The maximum Gasteiger partial charge on any atom is 0.242 e. The zero-order chi connectivity index (χ0) is 10.9. The normalized spacial score (nSPS) is 15.5. The van der Waals surface area contributed by atoms with Gasteiger partial charge in [-0.3, -0.25) is 0 Å². The van der Waals surface area contributed by atoms with Gasteiger partial charge in [0, 0.05) is 0 Å². The largest absolute Gasteiger partial charge is 0.544 e. The van der Waals surface area contributed by atoms with Gasteiger partial charge >= 0.3 is 0 Å². The molecular weight excluding hydrogens is 200 g/mol. The highest BCUT2D eigenvalue weighted by Gasteiger charge is 2.16. The van der Waals surface area contributed by atoms with E-state index < -0.39 is 8.32 Å². The Morgan fingerprint density at radius 2 is 1.67 bits per heavy atom. The summed E-state index contributed by atoms with van der Waals surface area (Å²) in [7, 11) is -1.45. The molecule has 0 heterocycles. The van der Waals surface area contributed by atoms with Gasteiger partial charge in [-0.2, -0.15) is 0 Å². The molecule has 0 unspecified atom stereocenters. The van der Waals surface area contributed by atoms with E-state index in [0.29, 0.717) is 0 Å². The molecule has 0 spiro atoms. The van der Waals surface area contributed by atoms with Crippen LogP contribution in [0.15, 0.2) is 30.3 Å². The average Bonchev–Trinajstić information content (AvgIpc) is 2.02. The molecule has 0 aliphatic heterocycles. The highest BCUT2D eigenvalue weighted by molar-refractivity contribution is 6.70. The Morgan fingerprint density at radius 1 is 1.07 bits per heavy atom. The second-order valence-electron chi connectivity index (χ2n) is 5.01. The Labute approximate surface area is 92.9 Å². The monoisotopic (exact) mass is 218 g/mol. The molecule has 0 atom stereocenters. The first-order valence-electron chi connectivity index (χ1n) is 5.53. The van der Waals surface area contributed by atoms with Crippen LogP contribution >= 0.6 is 0 Å². The van der Waals surface area contributed by atoms with E-state index in [2.05, 4.69) is 50.0 Å². The summed E-state index contributed by atoms with van der Waals surface area (Å²) in [5.74, 6) is 1.01. The first-order chi connectivity index (χ1) is 7.04. The Bertz CT molecular complexity index is 371. The SMILES string of the molecule is C[Si](C)(C)Oc1ccc(C2=CCC2)cc1. The number of benzene rings is 1. The number of hydrogen-bond donors (Lipinski definition) is 0. The van der Waals surface area contributed by atoms with Gasteiger partial charge in [0.05, 0.1) is 0 Å². The lowest BCUT2D eigenvalue weighted by Gasteiger charge is -2.20. The van der Waals surface area contributed by atoms with Crippen LogP contribution < -0.4 is 4.43 Å². The van der Waals surface area contributed by atoms with Gasteiger partial charge in [0.25, 0.3) is 0 Å². The molecule has 0 saturated heterocycles. The second kappa shape index (κ2) is 3.85. The molecule has 80 valence electrons. The minimum atomic E-state index is -1.45. The highest BCUT2D eigenvalue weighted by Crippen LogP contribution is 2.30. The fourth-order valence-corrected chi connectivity index (χ4v) is 2.48. The molecule has 0 N–H and O–H groups in total. The summed E-state index contributed by atoms with van der Waals surface area (Å²) in [6.45, 7) is 6.61. The predicted molar refractivity (Wildman–Crippen MR) is 67.6 cm³/mol. The Hall–Kier alpha value is -1.02. The third kappa shape index (κ3) is 2.72. The molecule has 0 amide bonds. The van der Waals surface area contributed by atoms with Crippen LogP contribution in [-0.2, 0) is 0 Å². The minimum absolute atomic E-state index is 1.01. The van der Waals surface area contributed by atoms with Crippen LogP contribution in [0.25, 0.3) is 5.57 Å². The lowest BCUT2D eigenvalue weighted by atomic mass is 9.92. The van der Waals surface area contributed by atoms with Gasteiger partial charge in [-0.05, 0) is 55.8 Å². The van der Waals surface area contributed by atoms with Crippen LogP contribution in [-0.4, -0.2) is 8.32 Å². The van der Waals surface area contributed by atoms with E-state index in [9.17, 15) is 0 Å². The predicted octanol–water partition coefficient (Wildman–Crippen LogP) is 4.08. The van der Waals surface area contributed by atoms with Gasteiger partial charge in [-0.15, -0.1) is 0 Å². The summed E-state index contributed by atoms with van der Waals surface area (Å²) < 4.78 is 5.91. The third-order valence-electron chi connectivity index (χ3n) is 2.45. The fourth-order valence-electron chi connectivity index (χ4n) is 1.64. The standard InChI is InChI=1S/C13H18OSi/c1-15(2,3)14-13-9-7-12(8-10-13)11-5-4-6-11/h5,7-10H,4,6H2,1-3H3.